The maximum absolute atomic E-state index is 13.8. The van der Waals surface area contributed by atoms with Crippen LogP contribution >= 0.6 is 11.3 Å². The van der Waals surface area contributed by atoms with Gasteiger partial charge in [-0.1, -0.05) is 0 Å². The number of anilines is 2. The number of nitrogen functional groups attached to an aromatic ring is 1. The van der Waals surface area contributed by atoms with Crippen molar-refractivity contribution >= 4 is 28.7 Å². The maximum Gasteiger partial charge on any atom is 0.337 e. The lowest BCUT2D eigenvalue weighted by Crippen LogP contribution is -2.10. The Hall–Kier alpha value is -2.08. The SMILES string of the molecule is CC(Nc1cc(C(=O)O)c(N)cc1F)c1ccsc1. The molecule has 0 fully saturated rings. The average Bonchev–Trinajstić information content (AvgIpc) is 2.85. The van der Waals surface area contributed by atoms with Gasteiger partial charge in [-0.25, -0.2) is 9.18 Å². The van der Waals surface area contributed by atoms with Crippen LogP contribution in [0.2, 0.25) is 0 Å². The molecule has 0 aliphatic heterocycles. The zero-order valence-electron chi connectivity index (χ0n) is 10.2. The van der Waals surface area contributed by atoms with Crippen LogP contribution in [0.1, 0.15) is 28.9 Å². The van der Waals surface area contributed by atoms with Crippen LogP contribution in [0.25, 0.3) is 0 Å². The minimum absolute atomic E-state index is 0.0845. The second-order valence-electron chi connectivity index (χ2n) is 4.15. The quantitative estimate of drug-likeness (QED) is 0.751. The molecule has 1 aromatic carbocycles. The molecule has 100 valence electrons. The molecule has 4 nitrogen and oxygen atoms in total. The van der Waals surface area contributed by atoms with Gasteiger partial charge in [0, 0.05) is 11.7 Å². The maximum atomic E-state index is 13.8. The van der Waals surface area contributed by atoms with E-state index in [-0.39, 0.29) is 23.0 Å². The zero-order chi connectivity index (χ0) is 14.0. The van der Waals surface area contributed by atoms with Crippen molar-refractivity contribution < 1.29 is 14.3 Å². The number of halogens is 1. The Morgan fingerprint density at radius 3 is 2.84 bits per heavy atom. The molecular formula is C13H13FN2O2S. The van der Waals surface area contributed by atoms with Crippen molar-refractivity contribution in [3.8, 4) is 0 Å². The first-order valence-electron chi connectivity index (χ1n) is 5.60. The van der Waals surface area contributed by atoms with Crippen molar-refractivity contribution in [2.24, 2.45) is 0 Å². The summed E-state index contributed by atoms with van der Waals surface area (Å²) < 4.78 is 13.8. The van der Waals surface area contributed by atoms with E-state index in [1.165, 1.54) is 6.07 Å². The molecule has 4 N–H and O–H groups in total. The summed E-state index contributed by atoms with van der Waals surface area (Å²) in [6.07, 6.45) is 0. The van der Waals surface area contributed by atoms with Gasteiger partial charge in [-0.05, 0) is 41.4 Å². The Labute approximate surface area is 113 Å². The van der Waals surface area contributed by atoms with E-state index >= 15 is 0 Å². The third-order valence-corrected chi connectivity index (χ3v) is 3.49. The first kappa shape index (κ1) is 13.4. The number of carboxylic acids is 1. The molecule has 2 aromatic rings. The van der Waals surface area contributed by atoms with Crippen LogP contribution in [0.4, 0.5) is 15.8 Å². The predicted octanol–water partition coefficient (Wildman–Crippen LogP) is 3.34. The van der Waals surface area contributed by atoms with Gasteiger partial charge in [-0.2, -0.15) is 11.3 Å². The van der Waals surface area contributed by atoms with E-state index in [0.29, 0.717) is 0 Å². The van der Waals surface area contributed by atoms with E-state index in [4.69, 9.17) is 10.8 Å². The molecule has 1 aromatic heterocycles. The fourth-order valence-corrected chi connectivity index (χ4v) is 2.48. The van der Waals surface area contributed by atoms with Crippen molar-refractivity contribution in [1.29, 1.82) is 0 Å². The van der Waals surface area contributed by atoms with Gasteiger partial charge in [0.25, 0.3) is 0 Å². The summed E-state index contributed by atoms with van der Waals surface area (Å²) in [5.41, 5.74) is 6.42. The molecule has 1 unspecified atom stereocenters. The summed E-state index contributed by atoms with van der Waals surface area (Å²) in [4.78, 5) is 11.0. The fourth-order valence-electron chi connectivity index (χ4n) is 1.72. The minimum atomic E-state index is -1.18. The van der Waals surface area contributed by atoms with Crippen LogP contribution in [0.15, 0.2) is 29.0 Å². The number of hydrogen-bond acceptors (Lipinski definition) is 4. The second-order valence-corrected chi connectivity index (χ2v) is 4.93. The molecule has 0 aliphatic carbocycles. The number of nitrogens with two attached hydrogens (primary N) is 1. The Balaban J connectivity index is 2.30. The lowest BCUT2D eigenvalue weighted by atomic mass is 10.1. The van der Waals surface area contributed by atoms with Gasteiger partial charge in [0.1, 0.15) is 5.82 Å². The first-order chi connectivity index (χ1) is 8.99. The molecule has 0 radical (unpaired) electrons. The van der Waals surface area contributed by atoms with E-state index < -0.39 is 11.8 Å². The van der Waals surface area contributed by atoms with Crippen molar-refractivity contribution in [3.63, 3.8) is 0 Å². The molecule has 6 heteroatoms. The molecule has 0 amide bonds. The second kappa shape index (κ2) is 5.27. The molecule has 2 rings (SSSR count). The van der Waals surface area contributed by atoms with Gasteiger partial charge in [0.15, 0.2) is 0 Å². The van der Waals surface area contributed by atoms with Crippen LogP contribution in [-0.2, 0) is 0 Å². The highest BCUT2D eigenvalue weighted by atomic mass is 32.1. The van der Waals surface area contributed by atoms with Crippen LogP contribution in [-0.4, -0.2) is 11.1 Å². The summed E-state index contributed by atoms with van der Waals surface area (Å²) in [7, 11) is 0. The van der Waals surface area contributed by atoms with Crippen LogP contribution in [0.3, 0.4) is 0 Å². The minimum Gasteiger partial charge on any atom is -0.478 e. The summed E-state index contributed by atoms with van der Waals surface area (Å²) in [5.74, 6) is -1.74. The van der Waals surface area contributed by atoms with E-state index in [2.05, 4.69) is 5.32 Å². The number of nitrogens with one attached hydrogen (secondary N) is 1. The van der Waals surface area contributed by atoms with E-state index in [1.807, 2.05) is 23.8 Å². The van der Waals surface area contributed by atoms with Crippen molar-refractivity contribution in [3.05, 3.63) is 45.9 Å². The summed E-state index contributed by atoms with van der Waals surface area (Å²) in [5, 5.41) is 15.8. The number of benzene rings is 1. The zero-order valence-corrected chi connectivity index (χ0v) is 11.0. The molecule has 0 spiro atoms. The predicted molar refractivity (Wildman–Crippen MR) is 74.1 cm³/mol. The Morgan fingerprint density at radius 1 is 1.53 bits per heavy atom. The van der Waals surface area contributed by atoms with Crippen LogP contribution in [0, 0.1) is 5.82 Å². The standard InChI is InChI=1S/C13H13FN2O2S/c1-7(8-2-3-19-6-8)16-12-4-9(13(17)18)11(15)5-10(12)14/h2-7,16H,15H2,1H3,(H,17,18). The Kier molecular flexibility index (Phi) is 3.71. The van der Waals surface area contributed by atoms with Gasteiger partial charge in [0.05, 0.1) is 11.3 Å². The highest BCUT2D eigenvalue weighted by molar-refractivity contribution is 7.07. The normalized spacial score (nSPS) is 12.1. The average molecular weight is 280 g/mol. The lowest BCUT2D eigenvalue weighted by molar-refractivity contribution is 0.0698. The van der Waals surface area contributed by atoms with Crippen molar-refractivity contribution in [1.82, 2.24) is 0 Å². The van der Waals surface area contributed by atoms with Gasteiger partial charge in [0.2, 0.25) is 0 Å². The summed E-state index contributed by atoms with van der Waals surface area (Å²) >= 11 is 1.55. The molecule has 0 saturated heterocycles. The third kappa shape index (κ3) is 2.85. The number of rotatable bonds is 4. The molecule has 0 bridgehead atoms. The number of aromatic carboxylic acids is 1. The van der Waals surface area contributed by atoms with E-state index in [0.717, 1.165) is 11.6 Å². The summed E-state index contributed by atoms with van der Waals surface area (Å²) in [6.45, 7) is 1.87. The fraction of sp³-hybridized carbons (Fsp3) is 0.154. The summed E-state index contributed by atoms with van der Waals surface area (Å²) in [6, 6.07) is 4.04. The highest BCUT2D eigenvalue weighted by Gasteiger charge is 2.15. The lowest BCUT2D eigenvalue weighted by Gasteiger charge is -2.16. The van der Waals surface area contributed by atoms with Gasteiger partial charge in [-0.15, -0.1) is 0 Å². The third-order valence-electron chi connectivity index (χ3n) is 2.78. The van der Waals surface area contributed by atoms with Gasteiger partial charge >= 0.3 is 5.97 Å². The molecule has 1 atom stereocenters. The number of carbonyl (C=O) groups is 1. The smallest absolute Gasteiger partial charge is 0.337 e. The molecule has 19 heavy (non-hydrogen) atoms. The Bertz CT molecular complexity index is 599. The monoisotopic (exact) mass is 280 g/mol. The Morgan fingerprint density at radius 2 is 2.26 bits per heavy atom. The topological polar surface area (TPSA) is 75.3 Å². The number of thiophene rings is 1. The molecule has 1 heterocycles. The van der Waals surface area contributed by atoms with Crippen molar-refractivity contribution in [2.45, 2.75) is 13.0 Å². The molecule has 0 aliphatic rings. The van der Waals surface area contributed by atoms with Crippen molar-refractivity contribution in [2.75, 3.05) is 11.1 Å². The van der Waals surface area contributed by atoms with E-state index in [9.17, 15) is 9.18 Å². The molecular weight excluding hydrogens is 267 g/mol. The molecule has 0 saturated carbocycles. The van der Waals surface area contributed by atoms with E-state index in [1.54, 1.807) is 11.3 Å². The van der Waals surface area contributed by atoms with Crippen LogP contribution < -0.4 is 11.1 Å². The number of carboxylic acid groups (broad SMARTS) is 1. The van der Waals surface area contributed by atoms with Gasteiger partial charge < -0.3 is 16.2 Å². The first-order valence-corrected chi connectivity index (χ1v) is 6.54. The largest absolute Gasteiger partial charge is 0.478 e. The highest BCUT2D eigenvalue weighted by Crippen LogP contribution is 2.26. The van der Waals surface area contributed by atoms with Crippen LogP contribution in [0.5, 0.6) is 0 Å². The number of hydrogen-bond donors (Lipinski definition) is 3. The van der Waals surface area contributed by atoms with Gasteiger partial charge in [-0.3, -0.25) is 0 Å².